The summed E-state index contributed by atoms with van der Waals surface area (Å²) in [7, 11) is 0. The Balaban J connectivity index is 0.000000250. The van der Waals surface area contributed by atoms with E-state index in [0.717, 1.165) is 23.3 Å². The monoisotopic (exact) mass is 756 g/mol. The largest absolute Gasteiger partial charge is 0.301 e. The van der Waals surface area contributed by atoms with Crippen LogP contribution in [-0.2, 0) is 0 Å². The molecule has 0 aliphatic rings. The molecule has 0 spiro atoms. The summed E-state index contributed by atoms with van der Waals surface area (Å²) in [5, 5.41) is 52.7. The highest BCUT2D eigenvalue weighted by Gasteiger charge is 2.20. The number of non-ortho nitro benzene ring substituents is 2. The van der Waals surface area contributed by atoms with Crippen LogP contribution in [0.2, 0.25) is 0 Å². The number of hydrazone groups is 2. The summed E-state index contributed by atoms with van der Waals surface area (Å²) in [6, 6.07) is 25.2. The zero-order chi connectivity index (χ0) is 33.6. The van der Waals surface area contributed by atoms with Crippen molar-refractivity contribution in [3.05, 3.63) is 149 Å². The van der Waals surface area contributed by atoms with Gasteiger partial charge in [-0.2, -0.15) is 10.2 Å². The van der Waals surface area contributed by atoms with E-state index in [1.165, 1.54) is 24.3 Å². The van der Waals surface area contributed by atoms with Crippen LogP contribution >= 0.6 is 31.9 Å². The van der Waals surface area contributed by atoms with Gasteiger partial charge in [0.05, 0.1) is 43.2 Å². The average molecular weight is 758 g/mol. The lowest BCUT2D eigenvalue weighted by molar-refractivity contribution is -0.393. The first kappa shape index (κ1) is 34.9. The zero-order valence-electron chi connectivity index (χ0n) is 23.4. The molecule has 0 radical (unpaired) electrons. The molecule has 0 saturated heterocycles. The Morgan fingerprint density at radius 3 is 1.17 bits per heavy atom. The summed E-state index contributed by atoms with van der Waals surface area (Å²) in [6.45, 7) is 0. The Morgan fingerprint density at radius 1 is 0.543 bits per heavy atom. The number of halogens is 2. The van der Waals surface area contributed by atoms with E-state index < -0.39 is 31.1 Å². The Hall–Kier alpha value is -5.62. The van der Waals surface area contributed by atoms with Crippen LogP contribution in [0, 0.1) is 40.5 Å². The molecular weight excluding hydrogens is 736 g/mol. The van der Waals surface area contributed by atoms with Crippen molar-refractivity contribution >= 4 is 77.4 Å². The van der Waals surface area contributed by atoms with Gasteiger partial charge in [0.25, 0.3) is 11.4 Å². The minimum Gasteiger partial charge on any atom is -0.271 e. The Morgan fingerprint density at radius 2 is 0.891 bits per heavy atom. The maximum atomic E-state index is 11.1. The van der Waals surface area contributed by atoms with Crippen LogP contribution in [0.25, 0.3) is 0 Å². The van der Waals surface area contributed by atoms with E-state index in [9.17, 15) is 40.5 Å². The highest BCUT2D eigenvalue weighted by atomic mass is 79.9. The van der Waals surface area contributed by atoms with E-state index >= 15 is 0 Å². The van der Waals surface area contributed by atoms with Crippen LogP contribution in [0.1, 0.15) is 11.1 Å². The van der Waals surface area contributed by atoms with Crippen LogP contribution in [0.4, 0.5) is 34.1 Å². The first-order chi connectivity index (χ1) is 22.0. The summed E-state index contributed by atoms with van der Waals surface area (Å²) in [6.07, 6.45) is 0. The average Bonchev–Trinajstić information content (AvgIpc) is 3.06. The summed E-state index contributed by atoms with van der Waals surface area (Å²) in [4.78, 5) is 40.8. The number of rotatable bonds is 12. The molecule has 0 aliphatic heterocycles. The van der Waals surface area contributed by atoms with E-state index in [-0.39, 0.29) is 22.7 Å². The van der Waals surface area contributed by atoms with Crippen molar-refractivity contribution in [3.63, 3.8) is 0 Å². The number of nitrogens with one attached hydrogen (secondary N) is 2. The fraction of sp³-hybridized carbons (Fsp3) is 0.0714. The molecule has 0 atom stereocenters. The smallest absolute Gasteiger partial charge is 0.271 e. The second kappa shape index (κ2) is 17.0. The van der Waals surface area contributed by atoms with Gasteiger partial charge in [-0.25, -0.2) is 0 Å². The molecule has 2 N–H and O–H groups in total. The number of hydrogen-bond donors (Lipinski definition) is 2. The van der Waals surface area contributed by atoms with Gasteiger partial charge in [-0.1, -0.05) is 92.5 Å². The second-order valence-corrected chi connectivity index (χ2v) is 9.89. The third-order valence-electron chi connectivity index (χ3n) is 5.87. The van der Waals surface area contributed by atoms with Crippen molar-refractivity contribution in [3.8, 4) is 0 Å². The fourth-order valence-corrected chi connectivity index (χ4v) is 4.52. The first-order valence-electron chi connectivity index (χ1n) is 12.8. The number of nitro benzene ring substituents is 4. The van der Waals surface area contributed by atoms with Gasteiger partial charge in [0.2, 0.25) is 0 Å². The lowest BCUT2D eigenvalue weighted by atomic mass is 10.1. The Labute approximate surface area is 276 Å². The van der Waals surface area contributed by atoms with Crippen molar-refractivity contribution in [1.29, 1.82) is 0 Å². The van der Waals surface area contributed by atoms with Crippen LogP contribution < -0.4 is 10.9 Å². The molecule has 0 aliphatic carbocycles. The van der Waals surface area contributed by atoms with E-state index in [2.05, 4.69) is 52.9 Å². The van der Waals surface area contributed by atoms with E-state index in [1.54, 1.807) is 0 Å². The molecule has 0 bridgehead atoms. The third kappa shape index (κ3) is 9.69. The van der Waals surface area contributed by atoms with E-state index in [1.807, 2.05) is 60.7 Å². The van der Waals surface area contributed by atoms with Crippen LogP contribution in [-0.4, -0.2) is 41.8 Å². The summed E-state index contributed by atoms with van der Waals surface area (Å²) >= 11 is 6.62. The minimum atomic E-state index is -0.693. The number of anilines is 2. The number of nitrogens with zero attached hydrogens (tertiary/aromatic N) is 6. The predicted molar refractivity (Wildman–Crippen MR) is 180 cm³/mol. The predicted octanol–water partition coefficient (Wildman–Crippen LogP) is 7.43. The van der Waals surface area contributed by atoms with Gasteiger partial charge >= 0.3 is 11.4 Å². The molecule has 0 heterocycles. The lowest BCUT2D eigenvalue weighted by Crippen LogP contribution is -2.06. The molecule has 18 heteroatoms. The maximum Gasteiger partial charge on any atom is 0.301 e. The molecule has 4 rings (SSSR count). The molecule has 4 aromatic carbocycles. The molecule has 46 heavy (non-hydrogen) atoms. The van der Waals surface area contributed by atoms with Crippen molar-refractivity contribution in [2.45, 2.75) is 0 Å². The van der Waals surface area contributed by atoms with Crippen molar-refractivity contribution in [2.24, 2.45) is 10.2 Å². The number of hydrogen-bond acceptors (Lipinski definition) is 12. The molecule has 0 saturated carbocycles. The zero-order valence-corrected chi connectivity index (χ0v) is 26.5. The van der Waals surface area contributed by atoms with Crippen LogP contribution in [0.3, 0.4) is 0 Å². The minimum absolute atomic E-state index is 0.0787. The lowest BCUT2D eigenvalue weighted by Gasteiger charge is -2.06. The molecular formula is C28H22Br2N8O8. The maximum absolute atomic E-state index is 11.1. The topological polar surface area (TPSA) is 221 Å². The molecule has 16 nitrogen and oxygen atoms in total. The summed E-state index contributed by atoms with van der Waals surface area (Å²) in [5.41, 5.74) is 6.81. The van der Waals surface area contributed by atoms with Gasteiger partial charge in [-0.15, -0.1) is 0 Å². The standard InChI is InChI=1S/2C14H11BrN4O4/c2*15-9-13(10-4-2-1-3-5-10)17-16-12-7-6-11(18(20)21)8-14(12)19(22)23/h2*1-8,16H,9H2/b2*17-13+. The molecule has 0 amide bonds. The Bertz CT molecular complexity index is 1660. The second-order valence-electron chi connectivity index (χ2n) is 8.77. The third-order valence-corrected chi connectivity index (χ3v) is 6.93. The number of nitro groups is 4. The summed E-state index contributed by atoms with van der Waals surface area (Å²) in [5.74, 6) is 0. The fourth-order valence-electron chi connectivity index (χ4n) is 3.62. The van der Waals surface area contributed by atoms with Gasteiger partial charge in [0.15, 0.2) is 0 Å². The van der Waals surface area contributed by atoms with Crippen LogP contribution in [0.5, 0.6) is 0 Å². The normalized spacial score (nSPS) is 11.1. The highest BCUT2D eigenvalue weighted by Crippen LogP contribution is 2.30. The van der Waals surface area contributed by atoms with Gasteiger partial charge < -0.3 is 0 Å². The molecule has 0 unspecified atom stereocenters. The van der Waals surface area contributed by atoms with Crippen molar-refractivity contribution in [2.75, 3.05) is 21.5 Å². The van der Waals surface area contributed by atoms with E-state index in [4.69, 9.17) is 0 Å². The summed E-state index contributed by atoms with van der Waals surface area (Å²) < 4.78 is 0. The van der Waals surface area contributed by atoms with Gasteiger partial charge in [-0.05, 0) is 23.3 Å². The van der Waals surface area contributed by atoms with Crippen molar-refractivity contribution in [1.82, 2.24) is 0 Å². The van der Waals surface area contributed by atoms with Crippen LogP contribution in [0.15, 0.2) is 107 Å². The van der Waals surface area contributed by atoms with Gasteiger partial charge in [0, 0.05) is 22.8 Å². The number of alkyl halides is 2. The molecule has 4 aromatic rings. The quantitative estimate of drug-likeness (QED) is 0.0629. The van der Waals surface area contributed by atoms with Gasteiger partial charge in [0.1, 0.15) is 11.4 Å². The van der Waals surface area contributed by atoms with Gasteiger partial charge in [-0.3, -0.25) is 51.3 Å². The SMILES string of the molecule is O=[N+]([O-])c1ccc(N/N=C(\CBr)c2ccccc2)c([N+](=O)[O-])c1.O=[N+]([O-])c1ccc(N/N=C(\CBr)c2ccccc2)c([N+](=O)[O-])c1. The number of benzene rings is 4. The molecule has 236 valence electrons. The van der Waals surface area contributed by atoms with E-state index in [0.29, 0.717) is 22.1 Å². The van der Waals surface area contributed by atoms with Crippen molar-refractivity contribution < 1.29 is 19.7 Å². The molecule has 0 fully saturated rings. The highest BCUT2D eigenvalue weighted by molar-refractivity contribution is 9.09. The Kier molecular flexibility index (Phi) is 12.9. The first-order valence-corrected chi connectivity index (χ1v) is 15.0. The molecule has 0 aromatic heterocycles.